The third-order valence-electron chi connectivity index (χ3n) is 4.71. The van der Waals surface area contributed by atoms with Crippen LogP contribution < -0.4 is 14.4 Å². The Bertz CT molecular complexity index is 1020. The highest BCUT2D eigenvalue weighted by atomic mass is 19.1. The Morgan fingerprint density at radius 2 is 2.00 bits per heavy atom. The van der Waals surface area contributed by atoms with Crippen molar-refractivity contribution in [3.05, 3.63) is 54.2 Å². The third kappa shape index (κ3) is 3.17. The van der Waals surface area contributed by atoms with Crippen LogP contribution in [-0.4, -0.2) is 36.8 Å². The van der Waals surface area contributed by atoms with Crippen LogP contribution in [0.1, 0.15) is 18.2 Å². The number of amides is 1. The summed E-state index contributed by atoms with van der Waals surface area (Å²) >= 11 is 0. The molecule has 0 unspecified atom stereocenters. The van der Waals surface area contributed by atoms with Gasteiger partial charge in [-0.05, 0) is 24.3 Å². The Morgan fingerprint density at radius 1 is 1.18 bits per heavy atom. The fourth-order valence-corrected chi connectivity index (χ4v) is 3.27. The minimum atomic E-state index is -0.429. The van der Waals surface area contributed by atoms with Crippen molar-refractivity contribution >= 4 is 11.6 Å². The van der Waals surface area contributed by atoms with Crippen LogP contribution in [0.2, 0.25) is 0 Å². The van der Waals surface area contributed by atoms with Gasteiger partial charge in [0.2, 0.25) is 17.6 Å². The lowest BCUT2D eigenvalue weighted by molar-refractivity contribution is -0.117. The molecule has 2 heterocycles. The van der Waals surface area contributed by atoms with Crippen molar-refractivity contribution in [2.24, 2.45) is 0 Å². The van der Waals surface area contributed by atoms with Gasteiger partial charge in [-0.3, -0.25) is 4.79 Å². The fraction of sp³-hybridized carbons (Fsp3) is 0.250. The van der Waals surface area contributed by atoms with Gasteiger partial charge in [0.1, 0.15) is 17.3 Å². The number of hydrogen-bond donors (Lipinski definition) is 0. The smallest absolute Gasteiger partial charge is 0.232 e. The summed E-state index contributed by atoms with van der Waals surface area (Å²) in [5.41, 5.74) is 0.903. The summed E-state index contributed by atoms with van der Waals surface area (Å²) in [6.07, 6.45) is 0.216. The Kier molecular flexibility index (Phi) is 4.68. The summed E-state index contributed by atoms with van der Waals surface area (Å²) in [5, 5.41) is 3.87. The molecule has 0 aliphatic carbocycles. The van der Waals surface area contributed by atoms with Crippen molar-refractivity contribution in [2.75, 3.05) is 25.7 Å². The largest absolute Gasteiger partial charge is 0.497 e. The molecule has 0 saturated carbocycles. The fourth-order valence-electron chi connectivity index (χ4n) is 3.27. The van der Waals surface area contributed by atoms with E-state index in [4.69, 9.17) is 14.0 Å². The van der Waals surface area contributed by atoms with E-state index < -0.39 is 5.82 Å². The van der Waals surface area contributed by atoms with Gasteiger partial charge >= 0.3 is 0 Å². The third-order valence-corrected chi connectivity index (χ3v) is 4.71. The lowest BCUT2D eigenvalue weighted by atomic mass is 10.1. The summed E-state index contributed by atoms with van der Waals surface area (Å²) in [6, 6.07) is 11.5. The number of benzene rings is 2. The molecule has 0 radical (unpaired) electrons. The minimum Gasteiger partial charge on any atom is -0.497 e. The number of carbonyl (C=O) groups is 1. The quantitative estimate of drug-likeness (QED) is 0.672. The zero-order valence-corrected chi connectivity index (χ0v) is 15.4. The Hall–Kier alpha value is -3.42. The summed E-state index contributed by atoms with van der Waals surface area (Å²) < 4.78 is 29.9. The number of carbonyl (C=O) groups excluding carboxylic acids is 1. The second kappa shape index (κ2) is 7.30. The molecular formula is C20H18FN3O4. The van der Waals surface area contributed by atoms with E-state index in [9.17, 15) is 9.18 Å². The maximum atomic E-state index is 13.9. The maximum absolute atomic E-state index is 13.9. The first-order chi connectivity index (χ1) is 13.6. The highest BCUT2D eigenvalue weighted by Crippen LogP contribution is 2.38. The summed E-state index contributed by atoms with van der Waals surface area (Å²) in [4.78, 5) is 18.5. The molecular weight excluding hydrogens is 365 g/mol. The Balaban J connectivity index is 1.59. The molecule has 28 heavy (non-hydrogen) atoms. The molecule has 7 nitrogen and oxygen atoms in total. The molecule has 1 aliphatic heterocycles. The van der Waals surface area contributed by atoms with Gasteiger partial charge in [0, 0.05) is 19.0 Å². The van der Waals surface area contributed by atoms with Crippen molar-refractivity contribution in [1.29, 1.82) is 0 Å². The highest BCUT2D eigenvalue weighted by molar-refractivity contribution is 5.97. The van der Waals surface area contributed by atoms with Crippen molar-refractivity contribution in [2.45, 2.75) is 12.3 Å². The minimum absolute atomic E-state index is 0.0842. The molecule has 1 fully saturated rings. The predicted octanol–water partition coefficient (Wildman–Crippen LogP) is 3.41. The van der Waals surface area contributed by atoms with Crippen LogP contribution in [0.3, 0.4) is 0 Å². The number of anilines is 1. The number of nitrogens with zero attached hydrogens (tertiary/aromatic N) is 3. The van der Waals surface area contributed by atoms with Crippen molar-refractivity contribution in [3.63, 3.8) is 0 Å². The van der Waals surface area contributed by atoms with Gasteiger partial charge in [-0.2, -0.15) is 4.98 Å². The van der Waals surface area contributed by atoms with Gasteiger partial charge in [-0.1, -0.05) is 17.3 Å². The van der Waals surface area contributed by atoms with Crippen LogP contribution in [0, 0.1) is 5.82 Å². The van der Waals surface area contributed by atoms with Crippen LogP contribution >= 0.6 is 0 Å². The van der Waals surface area contributed by atoms with Gasteiger partial charge in [-0.15, -0.1) is 0 Å². The van der Waals surface area contributed by atoms with Crippen LogP contribution in [0.4, 0.5) is 10.1 Å². The van der Waals surface area contributed by atoms with Gasteiger partial charge < -0.3 is 18.9 Å². The van der Waals surface area contributed by atoms with Crippen LogP contribution in [-0.2, 0) is 4.79 Å². The molecule has 0 bridgehead atoms. The van der Waals surface area contributed by atoms with Gasteiger partial charge in [0.05, 0.1) is 31.4 Å². The van der Waals surface area contributed by atoms with Crippen LogP contribution in [0.25, 0.3) is 11.4 Å². The van der Waals surface area contributed by atoms with E-state index in [2.05, 4.69) is 10.1 Å². The lowest BCUT2D eigenvalue weighted by Crippen LogP contribution is -2.24. The molecule has 1 aromatic heterocycles. The molecule has 1 atom stereocenters. The molecule has 0 spiro atoms. The molecule has 2 aromatic carbocycles. The monoisotopic (exact) mass is 383 g/mol. The van der Waals surface area contributed by atoms with E-state index >= 15 is 0 Å². The molecule has 8 heteroatoms. The van der Waals surface area contributed by atoms with Crippen LogP contribution in [0.15, 0.2) is 47.0 Å². The molecule has 1 amide bonds. The average Bonchev–Trinajstić information content (AvgIpc) is 3.34. The van der Waals surface area contributed by atoms with E-state index in [1.54, 1.807) is 48.4 Å². The topological polar surface area (TPSA) is 77.7 Å². The number of halogens is 1. The van der Waals surface area contributed by atoms with Gasteiger partial charge in [0.25, 0.3) is 0 Å². The number of methoxy groups -OCH3 is 2. The highest BCUT2D eigenvalue weighted by Gasteiger charge is 2.36. The SMILES string of the molecule is COc1ccc(N2C[C@H](c3nc(-c4ccccc4F)no3)CC2=O)c(OC)c1. The van der Waals surface area contributed by atoms with E-state index in [0.717, 1.165) is 0 Å². The number of hydrogen-bond acceptors (Lipinski definition) is 6. The maximum Gasteiger partial charge on any atom is 0.232 e. The number of ether oxygens (including phenoxy) is 2. The molecule has 1 saturated heterocycles. The van der Waals surface area contributed by atoms with Gasteiger partial charge in [-0.25, -0.2) is 4.39 Å². The van der Waals surface area contributed by atoms with Gasteiger partial charge in [0.15, 0.2) is 0 Å². The number of aromatic nitrogens is 2. The molecule has 1 aliphatic rings. The zero-order valence-electron chi connectivity index (χ0n) is 15.4. The molecule has 144 valence electrons. The second-order valence-electron chi connectivity index (χ2n) is 6.38. The normalized spacial score (nSPS) is 16.5. The molecule has 3 aromatic rings. The Labute approximate surface area is 160 Å². The van der Waals surface area contributed by atoms with Crippen molar-refractivity contribution < 1.29 is 23.2 Å². The first kappa shape index (κ1) is 18.0. The van der Waals surface area contributed by atoms with E-state index in [0.29, 0.717) is 29.6 Å². The average molecular weight is 383 g/mol. The van der Waals surface area contributed by atoms with Crippen molar-refractivity contribution in [3.8, 4) is 22.9 Å². The molecule has 0 N–H and O–H groups in total. The number of rotatable bonds is 5. The summed E-state index contributed by atoms with van der Waals surface area (Å²) in [7, 11) is 3.10. The zero-order chi connectivity index (χ0) is 19.7. The second-order valence-corrected chi connectivity index (χ2v) is 6.38. The summed E-state index contributed by atoms with van der Waals surface area (Å²) in [6.45, 7) is 0.362. The molecule has 4 rings (SSSR count). The van der Waals surface area contributed by atoms with Crippen LogP contribution in [0.5, 0.6) is 11.5 Å². The van der Waals surface area contributed by atoms with E-state index in [1.807, 2.05) is 0 Å². The first-order valence-corrected chi connectivity index (χ1v) is 8.71. The van der Waals surface area contributed by atoms with E-state index in [-0.39, 0.29) is 29.6 Å². The summed E-state index contributed by atoms with van der Waals surface area (Å²) in [5.74, 6) is 0.845. The standard InChI is InChI=1S/C20H18FN3O4/c1-26-13-7-8-16(17(10-13)27-2)24-11-12(9-18(24)25)20-22-19(23-28-20)14-5-3-4-6-15(14)21/h3-8,10,12H,9,11H2,1-2H3/t12-/m1/s1. The van der Waals surface area contributed by atoms with Crippen molar-refractivity contribution in [1.82, 2.24) is 10.1 Å². The van der Waals surface area contributed by atoms with E-state index in [1.165, 1.54) is 13.2 Å². The Morgan fingerprint density at radius 3 is 2.75 bits per heavy atom. The lowest BCUT2D eigenvalue weighted by Gasteiger charge is -2.19. The first-order valence-electron chi connectivity index (χ1n) is 8.71. The predicted molar refractivity (Wildman–Crippen MR) is 98.9 cm³/mol.